The normalized spacial score (nSPS) is 17.5. The molecule has 0 saturated carbocycles. The predicted octanol–water partition coefficient (Wildman–Crippen LogP) is 5.35. The minimum atomic E-state index is -0.304. The summed E-state index contributed by atoms with van der Waals surface area (Å²) < 4.78 is 0.454. The molecule has 0 aromatic heterocycles. The molecule has 0 radical (unpaired) electrons. The molecule has 2 aromatic carbocycles. The molecular weight excluding hydrogens is 435 g/mol. The largest absolute Gasteiger partial charge is 0.506 e. The van der Waals surface area contributed by atoms with Crippen LogP contribution in [-0.4, -0.2) is 16.2 Å². The van der Waals surface area contributed by atoms with E-state index in [4.69, 9.17) is 23.2 Å². The van der Waals surface area contributed by atoms with Gasteiger partial charge in [-0.25, -0.2) is 4.99 Å². The van der Waals surface area contributed by atoms with E-state index in [0.717, 1.165) is 11.8 Å². The average molecular weight is 444 g/mol. The molecule has 1 aliphatic heterocycles. The summed E-state index contributed by atoms with van der Waals surface area (Å²) >= 11 is 16.4. The Bertz CT molecular complexity index is 900. The van der Waals surface area contributed by atoms with Crippen molar-refractivity contribution in [1.29, 1.82) is 0 Å². The molecule has 0 atom stereocenters. The molecule has 1 aliphatic rings. The minimum absolute atomic E-state index is 0.0109. The van der Waals surface area contributed by atoms with Gasteiger partial charge in [-0.2, -0.15) is 0 Å². The Hall–Kier alpha value is -1.47. The first-order valence-corrected chi connectivity index (χ1v) is 9.02. The van der Waals surface area contributed by atoms with Crippen LogP contribution in [0.5, 0.6) is 5.75 Å². The highest BCUT2D eigenvalue weighted by Crippen LogP contribution is 2.36. The zero-order chi connectivity index (χ0) is 17.3. The van der Waals surface area contributed by atoms with Gasteiger partial charge < -0.3 is 10.4 Å². The number of nitrogens with one attached hydrogen (secondary N) is 1. The van der Waals surface area contributed by atoms with Crippen LogP contribution in [0.15, 0.2) is 50.8 Å². The van der Waals surface area contributed by atoms with Gasteiger partial charge in [0, 0.05) is 10.6 Å². The van der Waals surface area contributed by atoms with Crippen molar-refractivity contribution in [2.75, 3.05) is 0 Å². The van der Waals surface area contributed by atoms with Crippen LogP contribution in [0, 0.1) is 0 Å². The lowest BCUT2D eigenvalue weighted by atomic mass is 10.2. The summed E-state index contributed by atoms with van der Waals surface area (Å²) in [5.74, 6) is -0.293. The van der Waals surface area contributed by atoms with E-state index in [-0.39, 0.29) is 11.7 Å². The number of phenols is 1. The maximum atomic E-state index is 12.1. The number of nitrogens with zero attached hydrogens (tertiary/aromatic N) is 1. The summed E-state index contributed by atoms with van der Waals surface area (Å²) in [6.45, 7) is 0. The number of rotatable bonds is 2. The number of benzene rings is 2. The van der Waals surface area contributed by atoms with Crippen LogP contribution >= 0.6 is 50.9 Å². The molecule has 1 saturated heterocycles. The maximum absolute atomic E-state index is 12.1. The van der Waals surface area contributed by atoms with Gasteiger partial charge in [0.15, 0.2) is 5.17 Å². The summed E-state index contributed by atoms with van der Waals surface area (Å²) in [5.41, 5.74) is 1.00. The van der Waals surface area contributed by atoms with Crippen molar-refractivity contribution in [3.8, 4) is 5.75 Å². The third-order valence-corrected chi connectivity index (χ3v) is 5.12. The van der Waals surface area contributed by atoms with Crippen LogP contribution in [0.1, 0.15) is 5.56 Å². The van der Waals surface area contributed by atoms with Gasteiger partial charge in [0.25, 0.3) is 5.91 Å². The lowest BCUT2D eigenvalue weighted by molar-refractivity contribution is -0.115. The highest BCUT2D eigenvalue weighted by Gasteiger charge is 2.24. The van der Waals surface area contributed by atoms with Crippen LogP contribution in [0.25, 0.3) is 6.08 Å². The third-order valence-electron chi connectivity index (χ3n) is 3.07. The topological polar surface area (TPSA) is 61.7 Å². The number of aromatic hydroxyl groups is 1. The molecule has 24 heavy (non-hydrogen) atoms. The summed E-state index contributed by atoms with van der Waals surface area (Å²) in [7, 11) is 0. The number of amidine groups is 1. The lowest BCUT2D eigenvalue weighted by Crippen LogP contribution is -2.19. The van der Waals surface area contributed by atoms with E-state index in [9.17, 15) is 9.90 Å². The van der Waals surface area contributed by atoms with Crippen molar-refractivity contribution < 1.29 is 9.90 Å². The molecule has 1 fully saturated rings. The van der Waals surface area contributed by atoms with Gasteiger partial charge in [0.2, 0.25) is 0 Å². The summed E-state index contributed by atoms with van der Waals surface area (Å²) in [4.78, 5) is 16.8. The van der Waals surface area contributed by atoms with Gasteiger partial charge in [-0.15, -0.1) is 0 Å². The van der Waals surface area contributed by atoms with E-state index in [2.05, 4.69) is 26.2 Å². The number of thioether (sulfide) groups is 1. The quantitative estimate of drug-likeness (QED) is 0.614. The van der Waals surface area contributed by atoms with E-state index >= 15 is 0 Å². The first-order valence-electron chi connectivity index (χ1n) is 6.66. The monoisotopic (exact) mass is 442 g/mol. The first kappa shape index (κ1) is 17.4. The third kappa shape index (κ3) is 3.78. The molecule has 8 heteroatoms. The Morgan fingerprint density at radius 3 is 2.75 bits per heavy atom. The Morgan fingerprint density at radius 1 is 1.25 bits per heavy atom. The molecule has 3 rings (SSSR count). The van der Waals surface area contributed by atoms with Gasteiger partial charge in [-0.1, -0.05) is 35.3 Å². The van der Waals surface area contributed by atoms with Crippen molar-refractivity contribution in [1.82, 2.24) is 5.32 Å². The van der Waals surface area contributed by atoms with Crippen LogP contribution < -0.4 is 5.32 Å². The summed E-state index contributed by atoms with van der Waals surface area (Å²) in [6, 6.07) is 10.2. The predicted molar refractivity (Wildman–Crippen MR) is 103 cm³/mol. The number of halogens is 3. The van der Waals surface area contributed by atoms with Crippen LogP contribution in [0.2, 0.25) is 10.0 Å². The fourth-order valence-corrected chi connectivity index (χ4v) is 3.81. The second kappa shape index (κ2) is 7.19. The molecule has 2 aromatic rings. The van der Waals surface area contributed by atoms with Crippen molar-refractivity contribution in [3.63, 3.8) is 0 Å². The molecule has 0 aliphatic carbocycles. The standard InChI is InChI=1S/C16H9BrCl2N2O2S/c17-10-7-9(18)5-8(14(10)22)6-13-15(23)21-16(24-13)20-12-4-2-1-3-11(12)19/h1-7,22H,(H,20,21,23). The van der Waals surface area contributed by atoms with Gasteiger partial charge in [-0.3, -0.25) is 4.79 Å². The van der Waals surface area contributed by atoms with Crippen LogP contribution in [-0.2, 0) is 4.79 Å². The average Bonchev–Trinajstić information content (AvgIpc) is 2.86. The highest BCUT2D eigenvalue weighted by molar-refractivity contribution is 9.10. The Balaban J connectivity index is 1.92. The van der Waals surface area contributed by atoms with Gasteiger partial charge in [0.05, 0.1) is 20.1 Å². The Kier molecular flexibility index (Phi) is 5.20. The second-order valence-electron chi connectivity index (χ2n) is 4.76. The van der Waals surface area contributed by atoms with E-state index in [1.54, 1.807) is 36.4 Å². The van der Waals surface area contributed by atoms with E-state index in [1.165, 1.54) is 0 Å². The molecule has 4 nitrogen and oxygen atoms in total. The van der Waals surface area contributed by atoms with Gasteiger partial charge >= 0.3 is 0 Å². The lowest BCUT2D eigenvalue weighted by Gasteiger charge is -2.03. The highest BCUT2D eigenvalue weighted by atomic mass is 79.9. The van der Waals surface area contributed by atoms with Crippen molar-refractivity contribution in [2.24, 2.45) is 4.99 Å². The molecule has 1 heterocycles. The SMILES string of the molecule is O=C1NC(=Nc2ccccc2Cl)SC1=Cc1cc(Cl)cc(Br)c1O. The van der Waals surface area contributed by atoms with E-state index in [1.807, 2.05) is 6.07 Å². The molecule has 1 amide bonds. The summed E-state index contributed by atoms with van der Waals surface area (Å²) in [6.07, 6.45) is 1.56. The summed E-state index contributed by atoms with van der Waals surface area (Å²) in [5, 5.41) is 14.1. The second-order valence-corrected chi connectivity index (χ2v) is 7.49. The fraction of sp³-hybridized carbons (Fsp3) is 0. The van der Waals surface area contributed by atoms with Gasteiger partial charge in [0.1, 0.15) is 5.75 Å². The van der Waals surface area contributed by atoms with E-state index < -0.39 is 0 Å². The Morgan fingerprint density at radius 2 is 2.00 bits per heavy atom. The first-order chi connectivity index (χ1) is 11.4. The number of aliphatic imine (C=N–C) groups is 1. The fourth-order valence-electron chi connectivity index (χ4n) is 1.97. The molecule has 122 valence electrons. The number of hydrogen-bond donors (Lipinski definition) is 2. The van der Waals surface area contributed by atoms with Crippen molar-refractivity contribution >= 4 is 73.7 Å². The van der Waals surface area contributed by atoms with E-state index in [0.29, 0.717) is 35.8 Å². The number of hydrogen-bond acceptors (Lipinski definition) is 4. The molecule has 2 N–H and O–H groups in total. The molecular formula is C16H9BrCl2N2O2S. The van der Waals surface area contributed by atoms with Crippen molar-refractivity contribution in [2.45, 2.75) is 0 Å². The van der Waals surface area contributed by atoms with Crippen molar-refractivity contribution in [3.05, 3.63) is 61.4 Å². The number of phenolic OH excluding ortho intramolecular Hbond substituents is 1. The number of amides is 1. The minimum Gasteiger partial charge on any atom is -0.506 e. The smallest absolute Gasteiger partial charge is 0.264 e. The van der Waals surface area contributed by atoms with Crippen LogP contribution in [0.4, 0.5) is 5.69 Å². The number of carbonyl (C=O) groups excluding carboxylic acids is 1. The molecule has 0 spiro atoms. The number of para-hydroxylation sites is 1. The van der Waals surface area contributed by atoms with Gasteiger partial charge in [-0.05, 0) is 58.0 Å². The van der Waals surface area contributed by atoms with Crippen LogP contribution in [0.3, 0.4) is 0 Å². The zero-order valence-corrected chi connectivity index (χ0v) is 15.8. The molecule has 0 bridgehead atoms. The zero-order valence-electron chi connectivity index (χ0n) is 11.9. The Labute approximate surface area is 160 Å². The maximum Gasteiger partial charge on any atom is 0.264 e. The number of carbonyl (C=O) groups is 1. The molecule has 0 unspecified atom stereocenters.